The second-order valence-electron chi connectivity index (χ2n) is 5.40. The van der Waals surface area contributed by atoms with E-state index in [0.717, 1.165) is 5.56 Å². The predicted molar refractivity (Wildman–Crippen MR) is 76.3 cm³/mol. The van der Waals surface area contributed by atoms with Gasteiger partial charge in [0, 0.05) is 11.8 Å². The summed E-state index contributed by atoms with van der Waals surface area (Å²) in [4.78, 5) is 4.21. The van der Waals surface area contributed by atoms with Gasteiger partial charge in [0.2, 0.25) is 0 Å². The van der Waals surface area contributed by atoms with Crippen LogP contribution in [-0.2, 0) is 5.41 Å². The lowest BCUT2D eigenvalue weighted by Crippen LogP contribution is -2.10. The molecular weight excluding hydrogens is 218 g/mol. The number of pyridine rings is 1. The monoisotopic (exact) mass is 235 g/mol. The van der Waals surface area contributed by atoms with Crippen molar-refractivity contribution in [3.8, 4) is 23.5 Å². The van der Waals surface area contributed by atoms with Gasteiger partial charge in [-0.3, -0.25) is 0 Å². The number of rotatable bonds is 1. The Bertz CT molecular complexity index is 563. The van der Waals surface area contributed by atoms with Crippen LogP contribution in [0.1, 0.15) is 32.0 Å². The molecule has 0 amide bonds. The van der Waals surface area contributed by atoms with Gasteiger partial charge in [0.15, 0.2) is 0 Å². The Morgan fingerprint density at radius 2 is 1.56 bits per heavy atom. The molecule has 0 aliphatic carbocycles. The van der Waals surface area contributed by atoms with E-state index in [1.165, 1.54) is 11.1 Å². The van der Waals surface area contributed by atoms with Crippen LogP contribution >= 0.6 is 0 Å². The van der Waals surface area contributed by atoms with Crippen LogP contribution in [0.4, 0.5) is 0 Å². The Hall–Kier alpha value is -2.07. The van der Waals surface area contributed by atoms with Crippen LogP contribution < -0.4 is 0 Å². The summed E-state index contributed by atoms with van der Waals surface area (Å²) < 4.78 is 0. The molecule has 0 N–H and O–H groups in total. The minimum atomic E-state index is 0.185. The predicted octanol–water partition coefficient (Wildman–Crippen LogP) is 4.03. The first-order valence-electron chi connectivity index (χ1n) is 6.04. The Morgan fingerprint density at radius 3 is 2.00 bits per heavy atom. The van der Waals surface area contributed by atoms with Crippen LogP contribution in [0.15, 0.2) is 42.6 Å². The highest BCUT2D eigenvalue weighted by atomic mass is 14.7. The number of aromatic nitrogens is 1. The highest BCUT2D eigenvalue weighted by molar-refractivity contribution is 5.63. The molecule has 1 aromatic carbocycles. The average molecular weight is 235 g/mol. The average Bonchev–Trinajstić information content (AvgIpc) is 2.38. The Balaban J connectivity index is 2.32. The lowest BCUT2D eigenvalue weighted by atomic mass is 9.86. The van der Waals surface area contributed by atoms with E-state index < -0.39 is 0 Å². The van der Waals surface area contributed by atoms with E-state index in [0.29, 0.717) is 5.69 Å². The van der Waals surface area contributed by atoms with Gasteiger partial charge in [-0.2, -0.15) is 0 Å². The normalized spacial score (nSPS) is 11.0. The Kier molecular flexibility index (Phi) is 3.21. The molecule has 1 aromatic heterocycles. The highest BCUT2D eigenvalue weighted by Gasteiger charge is 2.12. The molecular formula is C17H17N. The van der Waals surface area contributed by atoms with E-state index >= 15 is 0 Å². The highest BCUT2D eigenvalue weighted by Crippen LogP contribution is 2.25. The fourth-order valence-electron chi connectivity index (χ4n) is 1.81. The van der Waals surface area contributed by atoms with Crippen molar-refractivity contribution in [3.05, 3.63) is 53.9 Å². The molecule has 0 unspecified atom stereocenters. The van der Waals surface area contributed by atoms with Crippen LogP contribution in [0.25, 0.3) is 11.1 Å². The van der Waals surface area contributed by atoms with E-state index in [9.17, 15) is 0 Å². The van der Waals surface area contributed by atoms with Crippen molar-refractivity contribution in [3.63, 3.8) is 0 Å². The fourth-order valence-corrected chi connectivity index (χ4v) is 1.81. The smallest absolute Gasteiger partial charge is 0.112 e. The summed E-state index contributed by atoms with van der Waals surface area (Å²) in [6.45, 7) is 6.64. The number of hydrogen-bond donors (Lipinski definition) is 0. The molecule has 2 rings (SSSR count). The largest absolute Gasteiger partial charge is 0.247 e. The molecule has 0 radical (unpaired) electrons. The van der Waals surface area contributed by atoms with Gasteiger partial charge in [-0.15, -0.1) is 6.42 Å². The lowest BCUT2D eigenvalue weighted by molar-refractivity contribution is 0.590. The van der Waals surface area contributed by atoms with Crippen LogP contribution in [0, 0.1) is 12.3 Å². The molecule has 0 atom stereocenters. The first-order chi connectivity index (χ1) is 8.50. The molecule has 0 saturated carbocycles. The minimum absolute atomic E-state index is 0.185. The Morgan fingerprint density at radius 1 is 0.944 bits per heavy atom. The SMILES string of the molecule is C#Cc1ccc(-c2ccc(C(C)(C)C)cc2)cn1. The van der Waals surface area contributed by atoms with Gasteiger partial charge in [0.25, 0.3) is 0 Å². The maximum absolute atomic E-state index is 5.29. The van der Waals surface area contributed by atoms with Gasteiger partial charge in [0.1, 0.15) is 5.69 Å². The summed E-state index contributed by atoms with van der Waals surface area (Å²) in [5, 5.41) is 0. The number of benzene rings is 1. The van der Waals surface area contributed by atoms with Gasteiger partial charge in [-0.1, -0.05) is 57.0 Å². The molecule has 0 spiro atoms. The van der Waals surface area contributed by atoms with Crippen LogP contribution in [0.2, 0.25) is 0 Å². The number of terminal acetylenes is 1. The van der Waals surface area contributed by atoms with E-state index in [1.807, 2.05) is 18.3 Å². The minimum Gasteiger partial charge on any atom is -0.247 e. The summed E-state index contributed by atoms with van der Waals surface area (Å²) in [6.07, 6.45) is 7.11. The third-order valence-corrected chi connectivity index (χ3v) is 3.00. The van der Waals surface area contributed by atoms with Crippen molar-refractivity contribution in [1.82, 2.24) is 4.98 Å². The molecule has 1 heterocycles. The van der Waals surface area contributed by atoms with Crippen LogP contribution in [0.3, 0.4) is 0 Å². The summed E-state index contributed by atoms with van der Waals surface area (Å²) in [5.41, 5.74) is 4.45. The topological polar surface area (TPSA) is 12.9 Å². The van der Waals surface area contributed by atoms with Gasteiger partial charge < -0.3 is 0 Å². The van der Waals surface area contributed by atoms with E-state index in [2.05, 4.69) is 55.9 Å². The molecule has 18 heavy (non-hydrogen) atoms. The van der Waals surface area contributed by atoms with Gasteiger partial charge >= 0.3 is 0 Å². The summed E-state index contributed by atoms with van der Waals surface area (Å²) >= 11 is 0. The van der Waals surface area contributed by atoms with Crippen molar-refractivity contribution in [1.29, 1.82) is 0 Å². The zero-order chi connectivity index (χ0) is 13.2. The Labute approximate surface area is 109 Å². The first-order valence-corrected chi connectivity index (χ1v) is 6.04. The zero-order valence-electron chi connectivity index (χ0n) is 11.1. The van der Waals surface area contributed by atoms with Crippen LogP contribution in [0.5, 0.6) is 0 Å². The van der Waals surface area contributed by atoms with Crippen molar-refractivity contribution in [2.45, 2.75) is 26.2 Å². The van der Waals surface area contributed by atoms with E-state index in [4.69, 9.17) is 6.42 Å². The molecule has 0 aliphatic rings. The van der Waals surface area contributed by atoms with Crippen molar-refractivity contribution >= 4 is 0 Å². The fraction of sp³-hybridized carbons (Fsp3) is 0.235. The van der Waals surface area contributed by atoms with Gasteiger partial charge in [-0.25, -0.2) is 4.98 Å². The molecule has 1 heteroatoms. The maximum atomic E-state index is 5.29. The maximum Gasteiger partial charge on any atom is 0.112 e. The van der Waals surface area contributed by atoms with Crippen molar-refractivity contribution in [2.75, 3.05) is 0 Å². The molecule has 0 saturated heterocycles. The second kappa shape index (κ2) is 4.66. The molecule has 2 aromatic rings. The second-order valence-corrected chi connectivity index (χ2v) is 5.40. The molecule has 90 valence electrons. The lowest BCUT2D eigenvalue weighted by Gasteiger charge is -2.19. The first kappa shape index (κ1) is 12.4. The summed E-state index contributed by atoms with van der Waals surface area (Å²) in [7, 11) is 0. The van der Waals surface area contributed by atoms with Gasteiger partial charge in [-0.05, 0) is 22.6 Å². The molecule has 0 bridgehead atoms. The third kappa shape index (κ3) is 2.60. The molecule has 1 nitrogen and oxygen atoms in total. The third-order valence-electron chi connectivity index (χ3n) is 3.00. The summed E-state index contributed by atoms with van der Waals surface area (Å²) in [6, 6.07) is 12.5. The quantitative estimate of drug-likeness (QED) is 0.680. The van der Waals surface area contributed by atoms with Gasteiger partial charge in [0.05, 0.1) is 0 Å². The van der Waals surface area contributed by atoms with Crippen LogP contribution in [-0.4, -0.2) is 4.98 Å². The number of nitrogens with zero attached hydrogens (tertiary/aromatic N) is 1. The number of hydrogen-bond acceptors (Lipinski definition) is 1. The van der Waals surface area contributed by atoms with Crippen molar-refractivity contribution < 1.29 is 0 Å². The van der Waals surface area contributed by atoms with E-state index in [-0.39, 0.29) is 5.41 Å². The standard InChI is InChI=1S/C17H17N/c1-5-16-11-8-14(12-18-16)13-6-9-15(10-7-13)17(2,3)4/h1,6-12H,2-4H3. The van der Waals surface area contributed by atoms with E-state index in [1.54, 1.807) is 0 Å². The van der Waals surface area contributed by atoms with Crippen molar-refractivity contribution in [2.24, 2.45) is 0 Å². The zero-order valence-corrected chi connectivity index (χ0v) is 11.1. The molecule has 0 aliphatic heterocycles. The molecule has 0 fully saturated rings. The summed E-state index contributed by atoms with van der Waals surface area (Å²) in [5.74, 6) is 2.52.